The molecule has 0 unspecified atom stereocenters. The molecule has 0 fully saturated rings. The standard InChI is InChI=1S/C10H13NO3/c1-10(14,9(12)13)8(11)7-5-3-2-4-6-7/h2-6,8,14H,11H2,1H3,(H,12,13)/t8-,10-/m0/s1. The monoisotopic (exact) mass is 195 g/mol. The highest BCUT2D eigenvalue weighted by molar-refractivity contribution is 5.78. The highest BCUT2D eigenvalue weighted by atomic mass is 16.4. The Morgan fingerprint density at radius 2 is 1.93 bits per heavy atom. The van der Waals surface area contributed by atoms with Crippen molar-refractivity contribution in [3.63, 3.8) is 0 Å². The van der Waals surface area contributed by atoms with Gasteiger partial charge in [-0.2, -0.15) is 0 Å². The molecule has 0 aliphatic rings. The van der Waals surface area contributed by atoms with E-state index in [1.54, 1.807) is 30.3 Å². The van der Waals surface area contributed by atoms with Crippen molar-refractivity contribution in [3.8, 4) is 0 Å². The van der Waals surface area contributed by atoms with Gasteiger partial charge < -0.3 is 15.9 Å². The molecule has 0 heterocycles. The van der Waals surface area contributed by atoms with Gasteiger partial charge in [-0.05, 0) is 12.5 Å². The van der Waals surface area contributed by atoms with E-state index in [1.807, 2.05) is 0 Å². The molecule has 1 rings (SSSR count). The van der Waals surface area contributed by atoms with Crippen molar-refractivity contribution in [1.29, 1.82) is 0 Å². The molecule has 4 heteroatoms. The zero-order valence-electron chi connectivity index (χ0n) is 7.84. The average molecular weight is 195 g/mol. The first kappa shape index (κ1) is 10.7. The number of benzene rings is 1. The van der Waals surface area contributed by atoms with Crippen molar-refractivity contribution >= 4 is 5.97 Å². The summed E-state index contributed by atoms with van der Waals surface area (Å²) in [5.41, 5.74) is 4.30. The summed E-state index contributed by atoms with van der Waals surface area (Å²) in [7, 11) is 0. The minimum atomic E-state index is -1.94. The maximum absolute atomic E-state index is 10.7. The first-order chi connectivity index (χ1) is 6.46. The van der Waals surface area contributed by atoms with Crippen molar-refractivity contribution < 1.29 is 15.0 Å². The molecule has 1 aromatic rings. The SMILES string of the molecule is C[C@@](O)(C(=O)O)[C@@H](N)c1ccccc1. The smallest absolute Gasteiger partial charge is 0.337 e. The summed E-state index contributed by atoms with van der Waals surface area (Å²) >= 11 is 0. The Morgan fingerprint density at radius 3 is 2.36 bits per heavy atom. The molecule has 76 valence electrons. The first-order valence-corrected chi connectivity index (χ1v) is 4.22. The minimum absolute atomic E-state index is 0.597. The molecule has 0 amide bonds. The third kappa shape index (κ3) is 1.92. The Bertz CT molecular complexity index is 321. The van der Waals surface area contributed by atoms with Gasteiger partial charge in [0.1, 0.15) is 0 Å². The highest BCUT2D eigenvalue weighted by Gasteiger charge is 2.37. The fourth-order valence-corrected chi connectivity index (χ4v) is 1.12. The number of hydrogen-bond acceptors (Lipinski definition) is 3. The second-order valence-electron chi connectivity index (χ2n) is 3.34. The summed E-state index contributed by atoms with van der Waals surface area (Å²) in [5, 5.41) is 18.3. The van der Waals surface area contributed by atoms with Crippen molar-refractivity contribution in [2.45, 2.75) is 18.6 Å². The van der Waals surface area contributed by atoms with E-state index in [2.05, 4.69) is 0 Å². The Labute approximate surface area is 82.0 Å². The Balaban J connectivity index is 2.96. The molecule has 0 radical (unpaired) electrons. The highest BCUT2D eigenvalue weighted by Crippen LogP contribution is 2.23. The predicted molar refractivity (Wildman–Crippen MR) is 51.6 cm³/mol. The molecule has 14 heavy (non-hydrogen) atoms. The van der Waals surface area contributed by atoms with Crippen LogP contribution in [0, 0.1) is 0 Å². The number of carboxylic acids is 1. The second kappa shape index (κ2) is 3.77. The van der Waals surface area contributed by atoms with Gasteiger partial charge in [-0.3, -0.25) is 0 Å². The average Bonchev–Trinajstić information content (AvgIpc) is 2.17. The lowest BCUT2D eigenvalue weighted by atomic mass is 9.91. The number of rotatable bonds is 3. The predicted octanol–water partition coefficient (Wildman–Crippen LogP) is 0.522. The largest absolute Gasteiger partial charge is 0.479 e. The third-order valence-corrected chi connectivity index (χ3v) is 2.20. The van der Waals surface area contributed by atoms with E-state index in [9.17, 15) is 9.90 Å². The van der Waals surface area contributed by atoms with Crippen LogP contribution in [0.3, 0.4) is 0 Å². The van der Waals surface area contributed by atoms with Gasteiger partial charge in [0, 0.05) is 0 Å². The van der Waals surface area contributed by atoms with Crippen LogP contribution in [0.25, 0.3) is 0 Å². The molecule has 4 N–H and O–H groups in total. The summed E-state index contributed by atoms with van der Waals surface area (Å²) in [6, 6.07) is 7.72. The zero-order chi connectivity index (χ0) is 10.8. The van der Waals surface area contributed by atoms with E-state index in [-0.39, 0.29) is 0 Å². The van der Waals surface area contributed by atoms with Gasteiger partial charge in [0.05, 0.1) is 6.04 Å². The topological polar surface area (TPSA) is 83.5 Å². The first-order valence-electron chi connectivity index (χ1n) is 4.22. The number of carboxylic acid groups (broad SMARTS) is 1. The van der Waals surface area contributed by atoms with Gasteiger partial charge in [-0.1, -0.05) is 30.3 Å². The van der Waals surface area contributed by atoms with Crippen molar-refractivity contribution in [3.05, 3.63) is 35.9 Å². The molecular weight excluding hydrogens is 182 g/mol. The molecule has 0 aliphatic carbocycles. The molecule has 0 aliphatic heterocycles. The lowest BCUT2D eigenvalue weighted by Crippen LogP contribution is -2.45. The van der Waals surface area contributed by atoms with Crippen LogP contribution in [0.1, 0.15) is 18.5 Å². The van der Waals surface area contributed by atoms with Gasteiger partial charge in [0.25, 0.3) is 0 Å². The van der Waals surface area contributed by atoms with E-state index in [1.165, 1.54) is 6.92 Å². The number of aliphatic hydroxyl groups is 1. The zero-order valence-corrected chi connectivity index (χ0v) is 7.84. The van der Waals surface area contributed by atoms with Crippen LogP contribution < -0.4 is 5.73 Å². The molecule has 0 aromatic heterocycles. The van der Waals surface area contributed by atoms with Gasteiger partial charge in [0.15, 0.2) is 5.60 Å². The Hall–Kier alpha value is -1.39. The van der Waals surface area contributed by atoms with Crippen LogP contribution in [-0.4, -0.2) is 21.8 Å². The summed E-state index contributed by atoms with van der Waals surface area (Å²) < 4.78 is 0. The van der Waals surface area contributed by atoms with E-state index in [4.69, 9.17) is 10.8 Å². The lowest BCUT2D eigenvalue weighted by molar-refractivity contribution is -0.158. The second-order valence-corrected chi connectivity index (χ2v) is 3.34. The van der Waals surface area contributed by atoms with Crippen LogP contribution in [0.15, 0.2) is 30.3 Å². The van der Waals surface area contributed by atoms with E-state index in [0.717, 1.165) is 0 Å². The third-order valence-electron chi connectivity index (χ3n) is 2.20. The number of carbonyl (C=O) groups is 1. The van der Waals surface area contributed by atoms with Crippen molar-refractivity contribution in [2.75, 3.05) is 0 Å². The Kier molecular flexibility index (Phi) is 2.88. The molecule has 4 nitrogen and oxygen atoms in total. The van der Waals surface area contributed by atoms with Crippen LogP contribution >= 0.6 is 0 Å². The quantitative estimate of drug-likeness (QED) is 0.656. The number of nitrogens with two attached hydrogens (primary N) is 1. The summed E-state index contributed by atoms with van der Waals surface area (Å²) in [4.78, 5) is 10.7. The van der Waals surface area contributed by atoms with Gasteiger partial charge in [-0.15, -0.1) is 0 Å². The normalized spacial score (nSPS) is 17.1. The van der Waals surface area contributed by atoms with Crippen LogP contribution in [-0.2, 0) is 4.79 Å². The molecule has 0 saturated heterocycles. The summed E-state index contributed by atoms with van der Waals surface area (Å²) in [5.74, 6) is -1.33. The Morgan fingerprint density at radius 1 is 1.43 bits per heavy atom. The molecular formula is C10H13NO3. The molecule has 0 bridgehead atoms. The van der Waals surface area contributed by atoms with E-state index in [0.29, 0.717) is 5.56 Å². The maximum Gasteiger partial charge on any atom is 0.337 e. The number of aliphatic carboxylic acids is 1. The minimum Gasteiger partial charge on any atom is -0.479 e. The summed E-state index contributed by atoms with van der Waals surface area (Å²) in [6.07, 6.45) is 0. The van der Waals surface area contributed by atoms with Gasteiger partial charge in [0.2, 0.25) is 0 Å². The molecule has 0 spiro atoms. The fourth-order valence-electron chi connectivity index (χ4n) is 1.12. The molecule has 0 saturated carbocycles. The lowest BCUT2D eigenvalue weighted by Gasteiger charge is -2.25. The number of hydrogen-bond donors (Lipinski definition) is 3. The van der Waals surface area contributed by atoms with Crippen LogP contribution in [0.2, 0.25) is 0 Å². The fraction of sp³-hybridized carbons (Fsp3) is 0.300. The van der Waals surface area contributed by atoms with E-state index >= 15 is 0 Å². The van der Waals surface area contributed by atoms with Crippen molar-refractivity contribution in [1.82, 2.24) is 0 Å². The van der Waals surface area contributed by atoms with Crippen LogP contribution in [0.5, 0.6) is 0 Å². The molecule has 1 aromatic carbocycles. The van der Waals surface area contributed by atoms with E-state index < -0.39 is 17.6 Å². The summed E-state index contributed by atoms with van der Waals surface area (Å²) in [6.45, 7) is 1.19. The van der Waals surface area contributed by atoms with Gasteiger partial charge >= 0.3 is 5.97 Å². The van der Waals surface area contributed by atoms with Crippen LogP contribution in [0.4, 0.5) is 0 Å². The van der Waals surface area contributed by atoms with Gasteiger partial charge in [-0.25, -0.2) is 4.79 Å². The van der Waals surface area contributed by atoms with Crippen molar-refractivity contribution in [2.24, 2.45) is 5.73 Å². The molecule has 2 atom stereocenters. The maximum atomic E-state index is 10.7.